The topological polar surface area (TPSA) is 20.2 Å². The molecular formula is C12H17BrOS. The van der Waals surface area contributed by atoms with E-state index in [2.05, 4.69) is 35.8 Å². The molecule has 0 unspecified atom stereocenters. The third-order valence-electron chi connectivity index (χ3n) is 2.01. The smallest absolute Gasteiger partial charge is 0.0762 e. The second-order valence-corrected chi connectivity index (χ2v) is 5.99. The van der Waals surface area contributed by atoms with Gasteiger partial charge in [-0.05, 0) is 46.5 Å². The summed E-state index contributed by atoms with van der Waals surface area (Å²) in [5.41, 5.74) is 0.954. The van der Waals surface area contributed by atoms with Crippen LogP contribution >= 0.6 is 27.7 Å². The Kier molecular flexibility index (Phi) is 5.16. The van der Waals surface area contributed by atoms with Gasteiger partial charge in [-0.3, -0.25) is 0 Å². The number of benzene rings is 1. The van der Waals surface area contributed by atoms with Gasteiger partial charge in [0.05, 0.1) is 6.10 Å². The van der Waals surface area contributed by atoms with E-state index >= 15 is 0 Å². The highest BCUT2D eigenvalue weighted by molar-refractivity contribution is 9.10. The fraction of sp³-hybridized carbons (Fsp3) is 0.500. The van der Waals surface area contributed by atoms with Gasteiger partial charge in [-0.1, -0.05) is 19.9 Å². The molecule has 1 aromatic rings. The molecule has 0 aromatic heterocycles. The van der Waals surface area contributed by atoms with Gasteiger partial charge in [-0.25, -0.2) is 0 Å². The molecule has 1 rings (SSSR count). The van der Waals surface area contributed by atoms with Crippen molar-refractivity contribution in [1.82, 2.24) is 0 Å². The minimum absolute atomic E-state index is 0.398. The first-order chi connectivity index (χ1) is 7.00. The van der Waals surface area contributed by atoms with E-state index in [1.165, 1.54) is 4.90 Å². The predicted octanol–water partition coefficient (Wildman–Crippen LogP) is 4.25. The molecule has 0 heterocycles. The summed E-state index contributed by atoms with van der Waals surface area (Å²) in [4.78, 5) is 1.24. The maximum atomic E-state index is 9.43. The van der Waals surface area contributed by atoms with Crippen molar-refractivity contribution in [3.05, 3.63) is 28.2 Å². The fourth-order valence-corrected chi connectivity index (χ4v) is 2.76. The second-order valence-electron chi connectivity index (χ2n) is 4.07. The molecule has 0 saturated heterocycles. The van der Waals surface area contributed by atoms with Crippen LogP contribution in [0.2, 0.25) is 0 Å². The molecule has 0 spiro atoms. The highest BCUT2D eigenvalue weighted by Gasteiger charge is 2.06. The largest absolute Gasteiger partial charge is 0.389 e. The van der Waals surface area contributed by atoms with Crippen molar-refractivity contribution in [2.45, 2.75) is 31.8 Å². The van der Waals surface area contributed by atoms with E-state index in [1.54, 1.807) is 6.92 Å². The van der Waals surface area contributed by atoms with Crippen LogP contribution in [0.25, 0.3) is 0 Å². The summed E-state index contributed by atoms with van der Waals surface area (Å²) >= 11 is 5.38. The van der Waals surface area contributed by atoms with E-state index in [1.807, 2.05) is 23.9 Å². The van der Waals surface area contributed by atoms with E-state index < -0.39 is 6.10 Å². The number of thioether (sulfide) groups is 1. The van der Waals surface area contributed by atoms with Crippen LogP contribution in [0.3, 0.4) is 0 Å². The van der Waals surface area contributed by atoms with Gasteiger partial charge < -0.3 is 5.11 Å². The standard InChI is InChI=1S/C12H17BrOS/c1-8(2)7-15-12-5-4-10(9(3)14)6-11(12)13/h4-6,8-9,14H,7H2,1-3H3/t9-/m1/s1. The molecule has 0 aliphatic carbocycles. The van der Waals surface area contributed by atoms with Gasteiger partial charge in [0.15, 0.2) is 0 Å². The summed E-state index contributed by atoms with van der Waals surface area (Å²) in [5.74, 6) is 1.81. The minimum atomic E-state index is -0.398. The zero-order chi connectivity index (χ0) is 11.4. The predicted molar refractivity (Wildman–Crippen MR) is 70.3 cm³/mol. The van der Waals surface area contributed by atoms with Crippen molar-refractivity contribution in [3.63, 3.8) is 0 Å². The van der Waals surface area contributed by atoms with Gasteiger partial charge in [0, 0.05) is 15.1 Å². The molecule has 84 valence electrons. The van der Waals surface area contributed by atoms with Crippen LogP contribution in [-0.4, -0.2) is 10.9 Å². The first-order valence-electron chi connectivity index (χ1n) is 5.11. The third kappa shape index (κ3) is 4.17. The molecule has 0 fully saturated rings. The molecule has 0 bridgehead atoms. The van der Waals surface area contributed by atoms with Crippen molar-refractivity contribution in [2.75, 3.05) is 5.75 Å². The van der Waals surface area contributed by atoms with Gasteiger partial charge in [-0.2, -0.15) is 0 Å². The van der Waals surface area contributed by atoms with Crippen LogP contribution < -0.4 is 0 Å². The molecule has 1 nitrogen and oxygen atoms in total. The van der Waals surface area contributed by atoms with Gasteiger partial charge >= 0.3 is 0 Å². The summed E-state index contributed by atoms with van der Waals surface area (Å²) in [6.07, 6.45) is -0.398. The van der Waals surface area contributed by atoms with Crippen molar-refractivity contribution in [2.24, 2.45) is 5.92 Å². The molecule has 0 saturated carbocycles. The Labute approximate surface area is 104 Å². The Hall–Kier alpha value is 0.01000. The van der Waals surface area contributed by atoms with E-state index in [-0.39, 0.29) is 0 Å². The Morgan fingerprint density at radius 1 is 1.33 bits per heavy atom. The van der Waals surface area contributed by atoms with Gasteiger partial charge in [0.1, 0.15) is 0 Å². The lowest BCUT2D eigenvalue weighted by atomic mass is 10.1. The zero-order valence-electron chi connectivity index (χ0n) is 9.33. The number of halogens is 1. The van der Waals surface area contributed by atoms with Crippen molar-refractivity contribution >= 4 is 27.7 Å². The average Bonchev–Trinajstić information content (AvgIpc) is 2.15. The molecule has 15 heavy (non-hydrogen) atoms. The average molecular weight is 289 g/mol. The zero-order valence-corrected chi connectivity index (χ0v) is 11.7. The molecule has 3 heteroatoms. The maximum Gasteiger partial charge on any atom is 0.0762 e. The van der Waals surface area contributed by atoms with E-state index in [9.17, 15) is 5.11 Å². The quantitative estimate of drug-likeness (QED) is 0.836. The summed E-state index contributed by atoms with van der Waals surface area (Å²) in [6.45, 7) is 6.21. The maximum absolute atomic E-state index is 9.43. The fourth-order valence-electron chi connectivity index (χ4n) is 1.15. The Bertz CT molecular complexity index is 323. The molecule has 1 atom stereocenters. The molecule has 1 N–H and O–H groups in total. The number of aliphatic hydroxyl groups excluding tert-OH is 1. The SMILES string of the molecule is CC(C)CSc1ccc([C@@H](C)O)cc1Br. The van der Waals surface area contributed by atoms with Crippen LogP contribution in [0.15, 0.2) is 27.6 Å². The van der Waals surface area contributed by atoms with Gasteiger partial charge in [0.2, 0.25) is 0 Å². The minimum Gasteiger partial charge on any atom is -0.389 e. The van der Waals surface area contributed by atoms with E-state index in [0.717, 1.165) is 15.8 Å². The van der Waals surface area contributed by atoms with Crippen molar-refractivity contribution in [1.29, 1.82) is 0 Å². The van der Waals surface area contributed by atoms with Gasteiger partial charge in [-0.15, -0.1) is 11.8 Å². The molecular weight excluding hydrogens is 272 g/mol. The third-order valence-corrected chi connectivity index (χ3v) is 4.43. The molecule has 0 radical (unpaired) electrons. The van der Waals surface area contributed by atoms with Crippen molar-refractivity contribution < 1.29 is 5.11 Å². The molecule has 1 aromatic carbocycles. The highest BCUT2D eigenvalue weighted by atomic mass is 79.9. The Morgan fingerprint density at radius 3 is 2.47 bits per heavy atom. The lowest BCUT2D eigenvalue weighted by Gasteiger charge is -2.10. The first kappa shape index (κ1) is 13.1. The summed E-state index contributed by atoms with van der Waals surface area (Å²) in [6, 6.07) is 6.05. The monoisotopic (exact) mass is 288 g/mol. The van der Waals surface area contributed by atoms with Crippen LogP contribution in [0.5, 0.6) is 0 Å². The second kappa shape index (κ2) is 5.92. The highest BCUT2D eigenvalue weighted by Crippen LogP contribution is 2.31. The first-order valence-corrected chi connectivity index (χ1v) is 6.89. The van der Waals surface area contributed by atoms with E-state index in [4.69, 9.17) is 0 Å². The summed E-state index contributed by atoms with van der Waals surface area (Å²) in [5, 5.41) is 9.43. The number of rotatable bonds is 4. The number of aliphatic hydroxyl groups is 1. The Morgan fingerprint density at radius 2 is 2.00 bits per heavy atom. The van der Waals surface area contributed by atoms with Crippen LogP contribution in [0, 0.1) is 5.92 Å². The molecule has 0 aliphatic heterocycles. The number of hydrogen-bond acceptors (Lipinski definition) is 2. The summed E-state index contributed by atoms with van der Waals surface area (Å²) in [7, 11) is 0. The normalized spacial score (nSPS) is 13.2. The Balaban J connectivity index is 2.75. The molecule has 0 amide bonds. The van der Waals surface area contributed by atoms with Crippen LogP contribution in [0.4, 0.5) is 0 Å². The van der Waals surface area contributed by atoms with Crippen LogP contribution in [-0.2, 0) is 0 Å². The lowest BCUT2D eigenvalue weighted by Crippen LogP contribution is -1.93. The van der Waals surface area contributed by atoms with Gasteiger partial charge in [0.25, 0.3) is 0 Å². The van der Waals surface area contributed by atoms with Crippen LogP contribution in [0.1, 0.15) is 32.4 Å². The lowest BCUT2D eigenvalue weighted by molar-refractivity contribution is 0.199. The summed E-state index contributed by atoms with van der Waals surface area (Å²) < 4.78 is 1.08. The van der Waals surface area contributed by atoms with Crippen molar-refractivity contribution in [3.8, 4) is 0 Å². The van der Waals surface area contributed by atoms with E-state index in [0.29, 0.717) is 5.92 Å². The number of hydrogen-bond donors (Lipinski definition) is 1. The molecule has 0 aliphatic rings.